The lowest BCUT2D eigenvalue weighted by Gasteiger charge is -1.94. The normalized spacial score (nSPS) is 10.1. The van der Waals surface area contributed by atoms with Gasteiger partial charge < -0.3 is 0 Å². The Hall–Kier alpha value is -0.740. The van der Waals surface area contributed by atoms with Crippen molar-refractivity contribution in [3.63, 3.8) is 0 Å². The molecule has 2 aromatic heterocycles. The van der Waals surface area contributed by atoms with Crippen LogP contribution in [0.3, 0.4) is 0 Å². The van der Waals surface area contributed by atoms with Gasteiger partial charge in [-0.3, -0.25) is 4.98 Å². The maximum Gasteiger partial charge on any atom is 0.124 e. The van der Waals surface area contributed by atoms with Gasteiger partial charge in [-0.1, -0.05) is 0 Å². The van der Waals surface area contributed by atoms with Crippen LogP contribution in [0, 0.1) is 0 Å². The van der Waals surface area contributed by atoms with E-state index in [0.717, 1.165) is 15.9 Å². The predicted octanol–water partition coefficient (Wildman–Crippen LogP) is 2.97. The quantitative estimate of drug-likeness (QED) is 0.767. The van der Waals surface area contributed by atoms with E-state index in [2.05, 4.69) is 31.3 Å². The highest BCUT2D eigenvalue weighted by Gasteiger charge is 1.98. The molecular weight excluding hydrogens is 236 g/mol. The van der Waals surface area contributed by atoms with Gasteiger partial charge in [0, 0.05) is 10.9 Å². The number of hydrogen-bond donors (Lipinski definition) is 0. The zero-order chi connectivity index (χ0) is 8.39. The van der Waals surface area contributed by atoms with Gasteiger partial charge in [-0.25, -0.2) is 4.98 Å². The average molecular weight is 241 g/mol. The zero-order valence-corrected chi connectivity index (χ0v) is 8.47. The first-order chi connectivity index (χ1) is 5.86. The minimum atomic E-state index is 0.765. The Kier molecular flexibility index (Phi) is 2.19. The number of nitrogens with zero attached hydrogens (tertiary/aromatic N) is 2. The molecule has 0 bridgehead atoms. The number of hydrogen-bond acceptors (Lipinski definition) is 3. The summed E-state index contributed by atoms with van der Waals surface area (Å²) in [6, 6.07) is 2.03. The fourth-order valence-electron chi connectivity index (χ4n) is 0.872. The molecule has 12 heavy (non-hydrogen) atoms. The Morgan fingerprint density at radius 2 is 2.17 bits per heavy atom. The summed E-state index contributed by atoms with van der Waals surface area (Å²) in [6.07, 6.45) is 3.46. The van der Waals surface area contributed by atoms with Crippen LogP contribution in [0.25, 0.3) is 11.3 Å². The maximum absolute atomic E-state index is 4.22. The van der Waals surface area contributed by atoms with Crippen molar-refractivity contribution < 1.29 is 0 Å². The fraction of sp³-hybridized carbons (Fsp3) is 0. The first-order valence-corrected chi connectivity index (χ1v) is 5.10. The zero-order valence-electron chi connectivity index (χ0n) is 6.07. The molecule has 2 rings (SSSR count). The third-order valence-corrected chi connectivity index (χ3v) is 2.53. The number of aromatic nitrogens is 2. The lowest BCUT2D eigenvalue weighted by Crippen LogP contribution is -1.82. The van der Waals surface area contributed by atoms with Crippen LogP contribution < -0.4 is 0 Å². The van der Waals surface area contributed by atoms with Crippen molar-refractivity contribution in [2.24, 2.45) is 0 Å². The van der Waals surface area contributed by atoms with Crippen LogP contribution in [-0.2, 0) is 0 Å². The molecule has 2 aromatic rings. The molecule has 0 fully saturated rings. The number of thiophene rings is 1. The van der Waals surface area contributed by atoms with Crippen molar-refractivity contribution in [3.05, 3.63) is 33.8 Å². The second kappa shape index (κ2) is 3.33. The molecule has 0 aliphatic rings. The summed E-state index contributed by atoms with van der Waals surface area (Å²) in [5, 5.41) is 4.08. The minimum absolute atomic E-state index is 0.765. The molecule has 2 heterocycles. The first-order valence-electron chi connectivity index (χ1n) is 3.36. The van der Waals surface area contributed by atoms with Crippen molar-refractivity contribution >= 4 is 27.3 Å². The molecule has 0 atom stereocenters. The lowest BCUT2D eigenvalue weighted by molar-refractivity contribution is 1.17. The first kappa shape index (κ1) is 7.89. The van der Waals surface area contributed by atoms with Gasteiger partial charge in [0.05, 0.1) is 18.1 Å². The van der Waals surface area contributed by atoms with Gasteiger partial charge in [-0.15, -0.1) is 0 Å². The monoisotopic (exact) mass is 240 g/mol. The van der Waals surface area contributed by atoms with Gasteiger partial charge in [0.15, 0.2) is 0 Å². The van der Waals surface area contributed by atoms with E-state index in [-0.39, 0.29) is 0 Å². The second-order valence-corrected chi connectivity index (χ2v) is 3.83. The molecule has 4 heteroatoms. The highest BCUT2D eigenvalue weighted by Crippen LogP contribution is 2.19. The summed E-state index contributed by atoms with van der Waals surface area (Å²) in [6.45, 7) is 0. The van der Waals surface area contributed by atoms with Crippen molar-refractivity contribution in [3.8, 4) is 11.3 Å². The Morgan fingerprint density at radius 1 is 1.25 bits per heavy atom. The smallest absolute Gasteiger partial charge is 0.124 e. The third-order valence-electron chi connectivity index (χ3n) is 1.44. The largest absolute Gasteiger partial charge is 0.252 e. The van der Waals surface area contributed by atoms with Crippen LogP contribution in [0.4, 0.5) is 0 Å². The predicted molar refractivity (Wildman–Crippen MR) is 53.0 cm³/mol. The highest BCUT2D eigenvalue weighted by molar-refractivity contribution is 9.10. The molecule has 60 valence electrons. The Labute approximate surface area is 82.4 Å². The summed E-state index contributed by atoms with van der Waals surface area (Å²) in [4.78, 5) is 8.31. The number of halogens is 1. The van der Waals surface area contributed by atoms with E-state index in [9.17, 15) is 0 Å². The van der Waals surface area contributed by atoms with E-state index < -0.39 is 0 Å². The minimum Gasteiger partial charge on any atom is -0.252 e. The number of rotatable bonds is 1. The molecule has 0 aliphatic heterocycles. The molecule has 0 unspecified atom stereocenters. The van der Waals surface area contributed by atoms with Crippen molar-refractivity contribution in [1.29, 1.82) is 0 Å². The van der Waals surface area contributed by atoms with Gasteiger partial charge >= 0.3 is 0 Å². The fourth-order valence-corrected chi connectivity index (χ4v) is 1.73. The topological polar surface area (TPSA) is 25.8 Å². The summed E-state index contributed by atoms with van der Waals surface area (Å²) in [7, 11) is 0. The molecule has 2 nitrogen and oxygen atoms in total. The van der Waals surface area contributed by atoms with E-state index in [1.54, 1.807) is 23.7 Å². The molecule has 0 radical (unpaired) electrons. The van der Waals surface area contributed by atoms with Crippen LogP contribution >= 0.6 is 27.3 Å². The van der Waals surface area contributed by atoms with Gasteiger partial charge in [0.2, 0.25) is 0 Å². The Bertz CT molecular complexity index is 355. The molecule has 0 N–H and O–H groups in total. The van der Waals surface area contributed by atoms with Crippen molar-refractivity contribution in [2.45, 2.75) is 0 Å². The highest BCUT2D eigenvalue weighted by atomic mass is 79.9. The molecule has 0 amide bonds. The van der Waals surface area contributed by atoms with Crippen LogP contribution in [0.1, 0.15) is 0 Å². The van der Waals surface area contributed by atoms with Crippen LogP contribution in [-0.4, -0.2) is 9.97 Å². The SMILES string of the molecule is Brc1cnc(-c2ccsc2)cn1. The molecular formula is C8H5BrN2S. The molecule has 0 saturated carbocycles. The van der Waals surface area contributed by atoms with Crippen molar-refractivity contribution in [2.75, 3.05) is 0 Å². The third kappa shape index (κ3) is 1.54. The van der Waals surface area contributed by atoms with E-state index in [1.807, 2.05) is 11.4 Å². The van der Waals surface area contributed by atoms with E-state index in [4.69, 9.17) is 0 Å². The van der Waals surface area contributed by atoms with Gasteiger partial charge in [-0.05, 0) is 27.4 Å². The average Bonchev–Trinajstić information content (AvgIpc) is 2.58. The summed E-state index contributed by atoms with van der Waals surface area (Å²) >= 11 is 4.90. The summed E-state index contributed by atoms with van der Waals surface area (Å²) < 4.78 is 0.765. The van der Waals surface area contributed by atoms with Gasteiger partial charge in [0.25, 0.3) is 0 Å². The Morgan fingerprint density at radius 3 is 2.75 bits per heavy atom. The second-order valence-electron chi connectivity index (χ2n) is 2.24. The molecule has 0 saturated heterocycles. The van der Waals surface area contributed by atoms with E-state index >= 15 is 0 Å². The maximum atomic E-state index is 4.22. The summed E-state index contributed by atoms with van der Waals surface area (Å²) in [5.74, 6) is 0. The van der Waals surface area contributed by atoms with Crippen LogP contribution in [0.5, 0.6) is 0 Å². The van der Waals surface area contributed by atoms with Crippen LogP contribution in [0.15, 0.2) is 33.8 Å². The molecule has 0 aliphatic carbocycles. The van der Waals surface area contributed by atoms with Gasteiger partial charge in [-0.2, -0.15) is 11.3 Å². The van der Waals surface area contributed by atoms with E-state index in [0.29, 0.717) is 0 Å². The summed E-state index contributed by atoms with van der Waals surface area (Å²) in [5.41, 5.74) is 2.04. The Balaban J connectivity index is 2.43. The van der Waals surface area contributed by atoms with Crippen molar-refractivity contribution in [1.82, 2.24) is 9.97 Å². The standard InChI is InChI=1S/C8H5BrN2S/c9-8-4-10-7(3-11-8)6-1-2-12-5-6/h1-5H. The van der Waals surface area contributed by atoms with E-state index in [1.165, 1.54) is 0 Å². The van der Waals surface area contributed by atoms with Gasteiger partial charge in [0.1, 0.15) is 4.60 Å². The lowest BCUT2D eigenvalue weighted by atomic mass is 10.3. The molecule has 0 aromatic carbocycles. The van der Waals surface area contributed by atoms with Crippen LogP contribution in [0.2, 0.25) is 0 Å². The molecule has 0 spiro atoms.